The van der Waals surface area contributed by atoms with Gasteiger partial charge < -0.3 is 9.88 Å². The van der Waals surface area contributed by atoms with Crippen LogP contribution >= 0.6 is 0 Å². The van der Waals surface area contributed by atoms with E-state index in [0.717, 1.165) is 17.1 Å². The fraction of sp³-hybridized carbons (Fsp3) is 0.421. The summed E-state index contributed by atoms with van der Waals surface area (Å²) in [5.74, 6) is -0.0683. The van der Waals surface area contributed by atoms with E-state index >= 15 is 0 Å². The summed E-state index contributed by atoms with van der Waals surface area (Å²) in [4.78, 5) is 12.2. The molecule has 0 aliphatic heterocycles. The van der Waals surface area contributed by atoms with E-state index in [4.69, 9.17) is 0 Å². The molecule has 0 atom stereocenters. The van der Waals surface area contributed by atoms with Gasteiger partial charge >= 0.3 is 0 Å². The van der Waals surface area contributed by atoms with Gasteiger partial charge in [0, 0.05) is 42.8 Å². The van der Waals surface area contributed by atoms with Gasteiger partial charge in [-0.05, 0) is 63.6 Å². The number of rotatable bonds is 8. The highest BCUT2D eigenvalue weighted by atomic mass is 32.2. The molecule has 0 radical (unpaired) electrons. The number of carbonyl (C=O) groups is 1. The Kier molecular flexibility index (Phi) is 6.61. The monoisotopic (exact) mass is 377 g/mol. The minimum absolute atomic E-state index is 0.0859. The largest absolute Gasteiger partial charge is 0.352 e. The number of nitrogens with zero attached hydrogens (tertiary/aromatic N) is 2. The molecule has 2 rings (SSSR count). The zero-order chi connectivity index (χ0) is 19.3. The molecule has 2 aromatic rings. The summed E-state index contributed by atoms with van der Waals surface area (Å²) in [5, 5.41) is 2.83. The van der Waals surface area contributed by atoms with Crippen molar-refractivity contribution in [3.8, 4) is 5.69 Å². The van der Waals surface area contributed by atoms with Crippen LogP contribution in [0.15, 0.2) is 36.4 Å². The van der Waals surface area contributed by atoms with Gasteiger partial charge in [-0.25, -0.2) is 12.7 Å². The third-order valence-electron chi connectivity index (χ3n) is 4.43. The maximum atomic E-state index is 12.2. The van der Waals surface area contributed by atoms with Gasteiger partial charge in [-0.3, -0.25) is 4.79 Å². The Hall–Kier alpha value is -2.12. The molecule has 1 amide bonds. The highest BCUT2D eigenvalue weighted by molar-refractivity contribution is 7.89. The second-order valence-corrected chi connectivity index (χ2v) is 8.69. The van der Waals surface area contributed by atoms with E-state index in [2.05, 4.69) is 22.0 Å². The maximum absolute atomic E-state index is 12.2. The van der Waals surface area contributed by atoms with Crippen LogP contribution < -0.4 is 5.32 Å². The SMILES string of the molecule is CCS(=O)(=O)N(C)CCCNC(=O)c1ccc(-n2c(C)ccc2C)cc1. The van der Waals surface area contributed by atoms with Crippen molar-refractivity contribution in [3.63, 3.8) is 0 Å². The van der Waals surface area contributed by atoms with E-state index in [1.165, 1.54) is 4.31 Å². The second-order valence-electron chi connectivity index (χ2n) is 6.33. The van der Waals surface area contributed by atoms with Gasteiger partial charge in [0.15, 0.2) is 0 Å². The summed E-state index contributed by atoms with van der Waals surface area (Å²) in [7, 11) is -1.61. The lowest BCUT2D eigenvalue weighted by atomic mass is 10.2. The smallest absolute Gasteiger partial charge is 0.251 e. The second kappa shape index (κ2) is 8.51. The van der Waals surface area contributed by atoms with Crippen LogP contribution in [-0.4, -0.2) is 49.1 Å². The van der Waals surface area contributed by atoms with E-state index in [-0.39, 0.29) is 11.7 Å². The Morgan fingerprint density at radius 3 is 2.19 bits per heavy atom. The van der Waals surface area contributed by atoms with Crippen molar-refractivity contribution in [2.45, 2.75) is 27.2 Å². The molecular formula is C19H27N3O3S. The van der Waals surface area contributed by atoms with E-state index < -0.39 is 10.0 Å². The minimum Gasteiger partial charge on any atom is -0.352 e. The number of nitrogens with one attached hydrogen (secondary N) is 1. The third kappa shape index (κ3) is 4.74. The predicted molar refractivity (Wildman–Crippen MR) is 104 cm³/mol. The van der Waals surface area contributed by atoms with E-state index in [1.807, 2.05) is 26.0 Å². The molecular weight excluding hydrogens is 350 g/mol. The molecule has 1 aromatic carbocycles. The van der Waals surface area contributed by atoms with E-state index in [9.17, 15) is 13.2 Å². The summed E-state index contributed by atoms with van der Waals surface area (Å²) < 4.78 is 26.8. The summed E-state index contributed by atoms with van der Waals surface area (Å²) in [6.07, 6.45) is 0.571. The number of aromatic nitrogens is 1. The Morgan fingerprint density at radius 1 is 1.08 bits per heavy atom. The molecule has 1 N–H and O–H groups in total. The van der Waals surface area contributed by atoms with Crippen molar-refractivity contribution in [1.29, 1.82) is 0 Å². The Bertz CT molecular complexity index is 835. The lowest BCUT2D eigenvalue weighted by Crippen LogP contribution is -2.32. The zero-order valence-electron chi connectivity index (χ0n) is 15.8. The first-order valence-electron chi connectivity index (χ1n) is 8.74. The highest BCUT2D eigenvalue weighted by Gasteiger charge is 2.14. The first kappa shape index (κ1) is 20.2. The fourth-order valence-electron chi connectivity index (χ4n) is 2.80. The average molecular weight is 378 g/mol. The van der Waals surface area contributed by atoms with Gasteiger partial charge in [-0.15, -0.1) is 0 Å². The first-order valence-corrected chi connectivity index (χ1v) is 10.3. The number of hydrogen-bond acceptors (Lipinski definition) is 3. The Balaban J connectivity index is 1.89. The van der Waals surface area contributed by atoms with Gasteiger partial charge in [0.05, 0.1) is 5.75 Å². The van der Waals surface area contributed by atoms with Crippen LogP contribution in [-0.2, 0) is 10.0 Å². The van der Waals surface area contributed by atoms with Gasteiger partial charge in [0.1, 0.15) is 0 Å². The lowest BCUT2D eigenvalue weighted by Gasteiger charge is -2.15. The topological polar surface area (TPSA) is 71.4 Å². The van der Waals surface area contributed by atoms with Crippen LogP contribution in [0.1, 0.15) is 35.1 Å². The molecule has 26 heavy (non-hydrogen) atoms. The summed E-state index contributed by atoms with van der Waals surface area (Å²) in [6.45, 7) is 6.53. The molecule has 0 bridgehead atoms. The molecule has 0 aliphatic carbocycles. The van der Waals surface area contributed by atoms with Crippen LogP contribution in [0.4, 0.5) is 0 Å². The average Bonchev–Trinajstić information content (AvgIpc) is 2.96. The predicted octanol–water partition coefficient (Wildman–Crippen LogP) is 2.50. The first-order chi connectivity index (χ1) is 12.3. The number of hydrogen-bond donors (Lipinski definition) is 1. The summed E-state index contributed by atoms with van der Waals surface area (Å²) in [6, 6.07) is 11.6. The molecule has 0 saturated heterocycles. The van der Waals surface area contributed by atoms with Crippen molar-refractivity contribution in [2.75, 3.05) is 25.9 Å². The van der Waals surface area contributed by atoms with E-state index in [0.29, 0.717) is 25.1 Å². The molecule has 0 saturated carbocycles. The number of benzene rings is 1. The molecule has 0 unspecified atom stereocenters. The summed E-state index contributed by atoms with van der Waals surface area (Å²) in [5.41, 5.74) is 3.90. The molecule has 142 valence electrons. The van der Waals surface area contributed by atoms with Crippen molar-refractivity contribution in [1.82, 2.24) is 14.2 Å². The number of carbonyl (C=O) groups excluding carboxylic acids is 1. The van der Waals surface area contributed by atoms with Gasteiger partial charge in [0.25, 0.3) is 5.91 Å². The van der Waals surface area contributed by atoms with Crippen LogP contribution in [0, 0.1) is 13.8 Å². The minimum atomic E-state index is -3.17. The van der Waals surface area contributed by atoms with Gasteiger partial charge in [-0.1, -0.05) is 0 Å². The molecule has 0 fully saturated rings. The lowest BCUT2D eigenvalue weighted by molar-refractivity contribution is 0.0953. The Labute approximate surface area is 155 Å². The molecule has 0 spiro atoms. The van der Waals surface area contributed by atoms with E-state index in [1.54, 1.807) is 26.1 Å². The van der Waals surface area contributed by atoms with Crippen LogP contribution in [0.2, 0.25) is 0 Å². The van der Waals surface area contributed by atoms with Gasteiger partial charge in [-0.2, -0.15) is 0 Å². The van der Waals surface area contributed by atoms with Crippen molar-refractivity contribution in [2.24, 2.45) is 0 Å². The molecule has 6 nitrogen and oxygen atoms in total. The third-order valence-corrected chi connectivity index (χ3v) is 6.30. The van der Waals surface area contributed by atoms with Crippen LogP contribution in [0.5, 0.6) is 0 Å². The van der Waals surface area contributed by atoms with Crippen molar-refractivity contribution in [3.05, 3.63) is 53.3 Å². The number of sulfonamides is 1. The molecule has 1 heterocycles. The number of amides is 1. The normalized spacial score (nSPS) is 11.7. The molecule has 1 aromatic heterocycles. The van der Waals surface area contributed by atoms with Crippen LogP contribution in [0.25, 0.3) is 5.69 Å². The van der Waals surface area contributed by atoms with Crippen molar-refractivity contribution < 1.29 is 13.2 Å². The Morgan fingerprint density at radius 2 is 1.65 bits per heavy atom. The van der Waals surface area contributed by atoms with Crippen LogP contribution in [0.3, 0.4) is 0 Å². The van der Waals surface area contributed by atoms with Gasteiger partial charge in [0.2, 0.25) is 10.0 Å². The number of aryl methyl sites for hydroxylation is 2. The molecule has 7 heteroatoms. The fourth-order valence-corrected chi connectivity index (χ4v) is 3.65. The van der Waals surface area contributed by atoms with Crippen molar-refractivity contribution >= 4 is 15.9 Å². The summed E-state index contributed by atoms with van der Waals surface area (Å²) >= 11 is 0. The highest BCUT2D eigenvalue weighted by Crippen LogP contribution is 2.16. The molecule has 0 aliphatic rings. The zero-order valence-corrected chi connectivity index (χ0v) is 16.6. The maximum Gasteiger partial charge on any atom is 0.251 e. The standard InChI is InChI=1S/C19H27N3O3S/c1-5-26(24,25)21(4)14-6-13-20-19(23)17-9-11-18(12-10-17)22-15(2)7-8-16(22)3/h7-12H,5-6,13-14H2,1-4H3,(H,20,23). The quantitative estimate of drug-likeness (QED) is 0.719.